The Hall–Kier alpha value is -2.51. The largest absolute Gasteiger partial charge is 0.508 e. The third-order valence-corrected chi connectivity index (χ3v) is 3.84. The first-order chi connectivity index (χ1) is 14.0. The fourth-order valence-electron chi connectivity index (χ4n) is 2.03. The van der Waals surface area contributed by atoms with Crippen molar-refractivity contribution < 1.29 is 5.11 Å². The maximum absolute atomic E-state index is 9.08. The fraction of sp³-hybridized carbons (Fsp3) is 0.259. The summed E-state index contributed by atoms with van der Waals surface area (Å²) in [6.45, 7) is 28.6. The maximum Gasteiger partial charge on any atom is 0.116 e. The standard InChI is InChI=1S/C11H11Cl.C10H10O.3C2H6/c1-4-9-7-6-8(3)11(12)10(9)5-2;1-3-8-5-6-10(11)7-9(8)4-2;3*1-2/h4-7H,1-2H2,3H3;3-7,11H,1-2H2;3*1-2H3. The normalized spacial score (nSPS) is 8.00. The van der Waals surface area contributed by atoms with Crippen LogP contribution in [0.3, 0.4) is 0 Å². The summed E-state index contributed by atoms with van der Waals surface area (Å²) in [6, 6.07) is 9.06. The molecule has 0 aliphatic rings. The Morgan fingerprint density at radius 2 is 1.14 bits per heavy atom. The zero-order chi connectivity index (χ0) is 23.4. The average Bonchev–Trinajstić information content (AvgIpc) is 2.79. The molecule has 0 bridgehead atoms. The smallest absolute Gasteiger partial charge is 0.116 e. The van der Waals surface area contributed by atoms with Gasteiger partial charge in [-0.2, -0.15) is 0 Å². The van der Waals surface area contributed by atoms with Gasteiger partial charge < -0.3 is 5.11 Å². The Morgan fingerprint density at radius 1 is 0.690 bits per heavy atom. The summed E-state index contributed by atoms with van der Waals surface area (Å²) in [4.78, 5) is 0. The molecule has 0 aliphatic heterocycles. The molecule has 0 heterocycles. The van der Waals surface area contributed by atoms with Crippen LogP contribution >= 0.6 is 11.6 Å². The molecule has 160 valence electrons. The Labute approximate surface area is 184 Å². The monoisotopic (exact) mass is 414 g/mol. The Balaban J connectivity index is -0.000000371. The molecule has 0 amide bonds. The van der Waals surface area contributed by atoms with Gasteiger partial charge in [-0.15, -0.1) is 0 Å². The Morgan fingerprint density at radius 3 is 1.55 bits per heavy atom. The predicted octanol–water partition coefficient (Wildman–Crippen LogP) is 9.69. The molecule has 0 aromatic heterocycles. The van der Waals surface area contributed by atoms with Crippen molar-refractivity contribution in [1.82, 2.24) is 0 Å². The second-order valence-electron chi connectivity index (χ2n) is 4.83. The van der Waals surface area contributed by atoms with E-state index in [4.69, 9.17) is 16.7 Å². The zero-order valence-electron chi connectivity index (χ0n) is 19.3. The minimum Gasteiger partial charge on any atom is -0.508 e. The summed E-state index contributed by atoms with van der Waals surface area (Å²) in [7, 11) is 0. The molecule has 2 aromatic carbocycles. The van der Waals surface area contributed by atoms with Crippen LogP contribution in [0.5, 0.6) is 5.75 Å². The summed E-state index contributed by atoms with van der Waals surface area (Å²) >= 11 is 6.06. The highest BCUT2D eigenvalue weighted by molar-refractivity contribution is 6.33. The third kappa shape index (κ3) is 11.2. The SMILES string of the molecule is C=Cc1ccc(C)c(Cl)c1C=C.C=Cc1ccc(O)cc1C=C.CC.CC.CC. The van der Waals surface area contributed by atoms with Crippen molar-refractivity contribution in [3.63, 3.8) is 0 Å². The number of hydrogen-bond acceptors (Lipinski definition) is 1. The summed E-state index contributed by atoms with van der Waals surface area (Å²) in [5.74, 6) is 0.255. The van der Waals surface area contributed by atoms with Crippen molar-refractivity contribution >= 4 is 35.9 Å². The molecule has 2 aromatic rings. The minimum absolute atomic E-state index is 0.255. The topological polar surface area (TPSA) is 20.2 Å². The van der Waals surface area contributed by atoms with Crippen LogP contribution in [0, 0.1) is 6.92 Å². The van der Waals surface area contributed by atoms with E-state index in [2.05, 4.69) is 26.3 Å². The lowest BCUT2D eigenvalue weighted by Crippen LogP contribution is -1.85. The summed E-state index contributed by atoms with van der Waals surface area (Å²) in [6.07, 6.45) is 6.96. The van der Waals surface area contributed by atoms with Gasteiger partial charge in [0.25, 0.3) is 0 Å². The molecule has 2 heteroatoms. The van der Waals surface area contributed by atoms with E-state index in [1.54, 1.807) is 42.5 Å². The van der Waals surface area contributed by atoms with E-state index >= 15 is 0 Å². The van der Waals surface area contributed by atoms with Gasteiger partial charge in [0.2, 0.25) is 0 Å². The Kier molecular flexibility index (Phi) is 21.8. The van der Waals surface area contributed by atoms with Crippen LogP contribution in [0.4, 0.5) is 0 Å². The van der Waals surface area contributed by atoms with Crippen LogP contribution < -0.4 is 0 Å². The van der Waals surface area contributed by atoms with Crippen molar-refractivity contribution in [2.24, 2.45) is 0 Å². The molecule has 1 nitrogen and oxygen atoms in total. The zero-order valence-corrected chi connectivity index (χ0v) is 20.1. The summed E-state index contributed by atoms with van der Waals surface area (Å²) < 4.78 is 0. The molecule has 0 atom stereocenters. The number of phenols is 1. The highest BCUT2D eigenvalue weighted by atomic mass is 35.5. The fourth-order valence-corrected chi connectivity index (χ4v) is 2.28. The van der Waals surface area contributed by atoms with E-state index in [0.29, 0.717) is 0 Å². The number of aromatic hydroxyl groups is 1. The molecule has 1 N–H and O–H groups in total. The van der Waals surface area contributed by atoms with E-state index in [0.717, 1.165) is 32.8 Å². The molecule has 2 rings (SSSR count). The number of halogens is 1. The van der Waals surface area contributed by atoms with Gasteiger partial charge in [0.15, 0.2) is 0 Å². The van der Waals surface area contributed by atoms with Crippen LogP contribution in [-0.4, -0.2) is 5.11 Å². The van der Waals surface area contributed by atoms with Gasteiger partial charge >= 0.3 is 0 Å². The molecule has 0 aliphatic carbocycles. The lowest BCUT2D eigenvalue weighted by molar-refractivity contribution is 0.475. The van der Waals surface area contributed by atoms with Gasteiger partial charge in [0.05, 0.1) is 5.02 Å². The van der Waals surface area contributed by atoms with Crippen LogP contribution in [0.1, 0.15) is 69.4 Å². The van der Waals surface area contributed by atoms with Crippen LogP contribution in [-0.2, 0) is 0 Å². The molecule has 0 saturated heterocycles. The predicted molar refractivity (Wildman–Crippen MR) is 139 cm³/mol. The molecular weight excluding hydrogens is 376 g/mol. The molecular formula is C27H39ClO. The first kappa shape index (κ1) is 31.2. The first-order valence-corrected chi connectivity index (χ1v) is 10.5. The van der Waals surface area contributed by atoms with Crippen molar-refractivity contribution in [3.05, 3.63) is 89.5 Å². The van der Waals surface area contributed by atoms with Crippen LogP contribution in [0.15, 0.2) is 56.6 Å². The van der Waals surface area contributed by atoms with Crippen LogP contribution in [0.2, 0.25) is 5.02 Å². The lowest BCUT2D eigenvalue weighted by atomic mass is 10.0. The molecule has 29 heavy (non-hydrogen) atoms. The van der Waals surface area contributed by atoms with E-state index in [-0.39, 0.29) is 5.75 Å². The lowest BCUT2D eigenvalue weighted by Gasteiger charge is -2.05. The quantitative estimate of drug-likeness (QED) is 0.527. The highest BCUT2D eigenvalue weighted by Crippen LogP contribution is 2.25. The van der Waals surface area contributed by atoms with E-state index in [1.807, 2.05) is 60.6 Å². The number of aryl methyl sites for hydroxylation is 1. The third-order valence-electron chi connectivity index (χ3n) is 3.34. The number of benzene rings is 2. The van der Waals surface area contributed by atoms with Crippen molar-refractivity contribution in [2.75, 3.05) is 0 Å². The molecule has 0 unspecified atom stereocenters. The Bertz CT molecular complexity index is 742. The summed E-state index contributed by atoms with van der Waals surface area (Å²) in [5.41, 5.74) is 4.95. The molecule has 0 saturated carbocycles. The van der Waals surface area contributed by atoms with Gasteiger partial charge in [-0.3, -0.25) is 0 Å². The molecule has 0 radical (unpaired) electrons. The van der Waals surface area contributed by atoms with Gasteiger partial charge in [-0.1, -0.05) is 122 Å². The number of phenolic OH excluding ortho intramolecular Hbond substituents is 1. The highest BCUT2D eigenvalue weighted by Gasteiger charge is 2.03. The van der Waals surface area contributed by atoms with E-state index in [1.165, 1.54) is 0 Å². The van der Waals surface area contributed by atoms with Crippen molar-refractivity contribution in [1.29, 1.82) is 0 Å². The average molecular weight is 415 g/mol. The number of rotatable bonds is 4. The summed E-state index contributed by atoms with van der Waals surface area (Å²) in [5, 5.41) is 9.85. The first-order valence-electron chi connectivity index (χ1n) is 10.1. The second-order valence-corrected chi connectivity index (χ2v) is 5.21. The molecule has 0 spiro atoms. The second kappa shape index (κ2) is 20.2. The van der Waals surface area contributed by atoms with Gasteiger partial charge in [0, 0.05) is 0 Å². The number of hydrogen-bond donors (Lipinski definition) is 1. The van der Waals surface area contributed by atoms with E-state index in [9.17, 15) is 0 Å². The van der Waals surface area contributed by atoms with Crippen molar-refractivity contribution in [3.8, 4) is 5.75 Å². The van der Waals surface area contributed by atoms with Gasteiger partial charge in [0.1, 0.15) is 5.75 Å². The molecule has 0 fully saturated rings. The van der Waals surface area contributed by atoms with E-state index < -0.39 is 0 Å². The van der Waals surface area contributed by atoms with Gasteiger partial charge in [-0.05, 0) is 46.9 Å². The minimum atomic E-state index is 0.255. The van der Waals surface area contributed by atoms with Crippen LogP contribution in [0.25, 0.3) is 24.3 Å². The van der Waals surface area contributed by atoms with Crippen molar-refractivity contribution in [2.45, 2.75) is 48.5 Å². The van der Waals surface area contributed by atoms with Gasteiger partial charge in [-0.25, -0.2) is 0 Å². The maximum atomic E-state index is 9.08.